The minimum absolute atomic E-state index is 0.745. The SMILES string of the molecule is CCCOc1cc(C)cc(OCC2CCCCC2)c1. The van der Waals surface area contributed by atoms with Gasteiger partial charge in [-0.25, -0.2) is 0 Å². The summed E-state index contributed by atoms with van der Waals surface area (Å²) in [6.45, 7) is 5.84. The molecule has 1 aromatic rings. The Balaban J connectivity index is 1.89. The molecule has 0 bridgehead atoms. The second-order valence-corrected chi connectivity index (χ2v) is 5.65. The van der Waals surface area contributed by atoms with E-state index < -0.39 is 0 Å². The van der Waals surface area contributed by atoms with E-state index in [9.17, 15) is 0 Å². The van der Waals surface area contributed by atoms with Gasteiger partial charge in [0.25, 0.3) is 0 Å². The lowest BCUT2D eigenvalue weighted by molar-refractivity contribution is 0.207. The Kier molecular flexibility index (Phi) is 5.56. The molecule has 0 amide bonds. The van der Waals surface area contributed by atoms with E-state index >= 15 is 0 Å². The van der Waals surface area contributed by atoms with Gasteiger partial charge in [0.15, 0.2) is 0 Å². The second-order valence-electron chi connectivity index (χ2n) is 5.65. The second kappa shape index (κ2) is 7.42. The van der Waals surface area contributed by atoms with Crippen molar-refractivity contribution in [2.24, 2.45) is 5.92 Å². The van der Waals surface area contributed by atoms with E-state index in [1.54, 1.807) is 0 Å². The van der Waals surface area contributed by atoms with Crippen molar-refractivity contribution in [3.8, 4) is 11.5 Å². The summed E-state index contributed by atoms with van der Waals surface area (Å²) in [5.41, 5.74) is 1.20. The Morgan fingerprint density at radius 1 is 1.00 bits per heavy atom. The molecule has 2 heteroatoms. The summed E-state index contributed by atoms with van der Waals surface area (Å²) in [6, 6.07) is 6.19. The van der Waals surface area contributed by atoms with Crippen molar-refractivity contribution in [2.75, 3.05) is 13.2 Å². The average Bonchev–Trinajstić information content (AvgIpc) is 2.43. The van der Waals surface area contributed by atoms with Crippen molar-refractivity contribution < 1.29 is 9.47 Å². The standard InChI is InChI=1S/C17H26O2/c1-3-9-18-16-10-14(2)11-17(12-16)19-13-15-7-5-4-6-8-15/h10-12,15H,3-9,13H2,1-2H3. The smallest absolute Gasteiger partial charge is 0.123 e. The van der Waals surface area contributed by atoms with Gasteiger partial charge in [0.2, 0.25) is 0 Å². The summed E-state index contributed by atoms with van der Waals surface area (Å²) in [5, 5.41) is 0. The number of rotatable bonds is 6. The molecule has 1 aromatic carbocycles. The topological polar surface area (TPSA) is 18.5 Å². The third-order valence-electron chi connectivity index (χ3n) is 3.71. The molecule has 1 saturated carbocycles. The molecule has 0 radical (unpaired) electrons. The Bertz CT molecular complexity index is 381. The van der Waals surface area contributed by atoms with Crippen LogP contribution in [0.15, 0.2) is 18.2 Å². The Hall–Kier alpha value is -1.18. The highest BCUT2D eigenvalue weighted by Gasteiger charge is 2.14. The van der Waals surface area contributed by atoms with Crippen LogP contribution in [-0.4, -0.2) is 13.2 Å². The highest BCUT2D eigenvalue weighted by Crippen LogP contribution is 2.27. The van der Waals surface area contributed by atoms with Gasteiger partial charge in [-0.2, -0.15) is 0 Å². The lowest BCUT2D eigenvalue weighted by Gasteiger charge is -2.22. The van der Waals surface area contributed by atoms with Gasteiger partial charge in [-0.3, -0.25) is 0 Å². The zero-order valence-electron chi connectivity index (χ0n) is 12.3. The van der Waals surface area contributed by atoms with E-state index in [0.29, 0.717) is 0 Å². The molecule has 0 saturated heterocycles. The van der Waals surface area contributed by atoms with Crippen molar-refractivity contribution in [3.05, 3.63) is 23.8 Å². The quantitative estimate of drug-likeness (QED) is 0.737. The highest BCUT2D eigenvalue weighted by molar-refractivity contribution is 5.37. The maximum atomic E-state index is 5.97. The molecular weight excluding hydrogens is 236 g/mol. The van der Waals surface area contributed by atoms with Crippen molar-refractivity contribution in [1.29, 1.82) is 0 Å². The molecule has 106 valence electrons. The lowest BCUT2D eigenvalue weighted by atomic mass is 9.90. The molecule has 0 aromatic heterocycles. The Morgan fingerprint density at radius 3 is 2.37 bits per heavy atom. The summed E-state index contributed by atoms with van der Waals surface area (Å²) in [6.07, 6.45) is 7.82. The first-order chi connectivity index (χ1) is 9.28. The van der Waals surface area contributed by atoms with Crippen LogP contribution in [0.5, 0.6) is 11.5 Å². The fourth-order valence-electron chi connectivity index (χ4n) is 2.67. The first kappa shape index (κ1) is 14.2. The van der Waals surface area contributed by atoms with Gasteiger partial charge in [-0.15, -0.1) is 0 Å². The van der Waals surface area contributed by atoms with Crippen LogP contribution in [0.3, 0.4) is 0 Å². The van der Waals surface area contributed by atoms with Crippen LogP contribution in [0.4, 0.5) is 0 Å². The predicted octanol–water partition coefficient (Wildman–Crippen LogP) is 4.74. The molecule has 2 nitrogen and oxygen atoms in total. The van der Waals surface area contributed by atoms with Crippen molar-refractivity contribution >= 4 is 0 Å². The fourth-order valence-corrected chi connectivity index (χ4v) is 2.67. The average molecular weight is 262 g/mol. The molecule has 0 aliphatic heterocycles. The Morgan fingerprint density at radius 2 is 1.68 bits per heavy atom. The summed E-state index contributed by atoms with van der Waals surface area (Å²) in [5.74, 6) is 2.63. The van der Waals surface area contributed by atoms with Gasteiger partial charge in [0.05, 0.1) is 13.2 Å². The lowest BCUT2D eigenvalue weighted by Crippen LogP contribution is -2.15. The van der Waals surface area contributed by atoms with Gasteiger partial charge >= 0.3 is 0 Å². The minimum Gasteiger partial charge on any atom is -0.493 e. The van der Waals surface area contributed by atoms with Crippen LogP contribution in [0.25, 0.3) is 0 Å². The number of hydrogen-bond donors (Lipinski definition) is 0. The molecule has 1 aliphatic rings. The fraction of sp³-hybridized carbons (Fsp3) is 0.647. The summed E-state index contributed by atoms with van der Waals surface area (Å²) in [4.78, 5) is 0. The first-order valence-corrected chi connectivity index (χ1v) is 7.65. The third kappa shape index (κ3) is 4.77. The van der Waals surface area contributed by atoms with E-state index in [0.717, 1.165) is 37.1 Å². The number of hydrogen-bond acceptors (Lipinski definition) is 2. The van der Waals surface area contributed by atoms with Crippen LogP contribution in [0, 0.1) is 12.8 Å². The van der Waals surface area contributed by atoms with Crippen LogP contribution < -0.4 is 9.47 Å². The summed E-state index contributed by atoms with van der Waals surface area (Å²) < 4.78 is 11.7. The molecule has 19 heavy (non-hydrogen) atoms. The summed E-state index contributed by atoms with van der Waals surface area (Å²) >= 11 is 0. The van der Waals surface area contributed by atoms with E-state index in [1.807, 2.05) is 6.07 Å². The molecule has 0 N–H and O–H groups in total. The van der Waals surface area contributed by atoms with Gasteiger partial charge < -0.3 is 9.47 Å². The van der Waals surface area contributed by atoms with Crippen LogP contribution in [0.1, 0.15) is 51.0 Å². The van der Waals surface area contributed by atoms with Gasteiger partial charge in [-0.1, -0.05) is 26.2 Å². The zero-order valence-corrected chi connectivity index (χ0v) is 12.3. The number of ether oxygens (including phenoxy) is 2. The van der Waals surface area contributed by atoms with Gasteiger partial charge in [0.1, 0.15) is 11.5 Å². The van der Waals surface area contributed by atoms with E-state index in [-0.39, 0.29) is 0 Å². The zero-order chi connectivity index (χ0) is 13.5. The number of benzene rings is 1. The normalized spacial score (nSPS) is 16.3. The van der Waals surface area contributed by atoms with E-state index in [1.165, 1.54) is 37.7 Å². The van der Waals surface area contributed by atoms with E-state index in [4.69, 9.17) is 9.47 Å². The van der Waals surface area contributed by atoms with Crippen LogP contribution >= 0.6 is 0 Å². The Labute approximate surface area is 117 Å². The molecule has 1 fully saturated rings. The van der Waals surface area contributed by atoms with E-state index in [2.05, 4.69) is 26.0 Å². The van der Waals surface area contributed by atoms with Crippen LogP contribution in [0.2, 0.25) is 0 Å². The van der Waals surface area contributed by atoms with Crippen molar-refractivity contribution in [2.45, 2.75) is 52.4 Å². The molecule has 0 spiro atoms. The number of aryl methyl sites for hydroxylation is 1. The third-order valence-corrected chi connectivity index (χ3v) is 3.71. The molecule has 0 heterocycles. The van der Waals surface area contributed by atoms with Crippen molar-refractivity contribution in [3.63, 3.8) is 0 Å². The molecule has 1 aliphatic carbocycles. The van der Waals surface area contributed by atoms with Gasteiger partial charge in [-0.05, 0) is 49.8 Å². The maximum Gasteiger partial charge on any atom is 0.123 e. The molecule has 0 atom stereocenters. The maximum absolute atomic E-state index is 5.97. The molecule has 0 unspecified atom stereocenters. The van der Waals surface area contributed by atoms with Crippen LogP contribution in [-0.2, 0) is 0 Å². The molecular formula is C17H26O2. The highest BCUT2D eigenvalue weighted by atomic mass is 16.5. The first-order valence-electron chi connectivity index (χ1n) is 7.65. The minimum atomic E-state index is 0.745. The molecule has 2 rings (SSSR count). The largest absolute Gasteiger partial charge is 0.493 e. The monoisotopic (exact) mass is 262 g/mol. The predicted molar refractivity (Wildman–Crippen MR) is 79.0 cm³/mol. The van der Waals surface area contributed by atoms with Gasteiger partial charge in [0, 0.05) is 6.07 Å². The van der Waals surface area contributed by atoms with Crippen molar-refractivity contribution in [1.82, 2.24) is 0 Å². The summed E-state index contributed by atoms with van der Waals surface area (Å²) in [7, 11) is 0.